The van der Waals surface area contributed by atoms with Gasteiger partial charge in [0.2, 0.25) is 5.91 Å². The van der Waals surface area contributed by atoms with Gasteiger partial charge in [-0.3, -0.25) is 14.9 Å². The molecular weight excluding hydrogens is 484 g/mol. The van der Waals surface area contributed by atoms with E-state index in [9.17, 15) is 14.9 Å². The number of nitrogens with zero attached hydrogens (tertiary/aromatic N) is 3. The number of nitro groups is 1. The fourth-order valence-corrected chi connectivity index (χ4v) is 5.18. The Morgan fingerprint density at radius 2 is 1.71 bits per heavy atom. The molecule has 196 valence electrons. The van der Waals surface area contributed by atoms with Crippen LogP contribution in [0.15, 0.2) is 72.9 Å². The number of aromatic amines is 1. The second-order valence-corrected chi connectivity index (χ2v) is 9.30. The van der Waals surface area contributed by atoms with Crippen molar-refractivity contribution < 1.29 is 19.2 Å². The molecule has 0 radical (unpaired) electrons. The van der Waals surface area contributed by atoms with Crippen molar-refractivity contribution in [1.29, 1.82) is 0 Å². The Hall–Kier alpha value is -4.53. The number of amides is 1. The van der Waals surface area contributed by atoms with Crippen molar-refractivity contribution in [2.75, 3.05) is 45.3 Å². The maximum atomic E-state index is 13.7. The number of hydrogen-bond acceptors (Lipinski definition) is 6. The number of ether oxygens (including phenoxy) is 2. The topological polar surface area (TPSA) is 101 Å². The standard InChI is InChI=1S/C29H30N4O5/c1-37-22-11-12-24(28(17-22)38-2)25(26-19-30-27-6-4-3-5-23(26)27)18-29(34)32-15-13-31(14-16-32)20-7-9-21(10-8-20)33(35)36/h3-12,17,19,25,30H,13-16,18H2,1-2H3. The highest BCUT2D eigenvalue weighted by Gasteiger charge is 2.29. The van der Waals surface area contributed by atoms with Gasteiger partial charge >= 0.3 is 0 Å². The predicted molar refractivity (Wildman–Crippen MR) is 146 cm³/mol. The van der Waals surface area contributed by atoms with Crippen LogP contribution in [0.4, 0.5) is 11.4 Å². The molecule has 1 atom stereocenters. The van der Waals surface area contributed by atoms with Crippen molar-refractivity contribution in [2.24, 2.45) is 0 Å². The highest BCUT2D eigenvalue weighted by Crippen LogP contribution is 2.39. The van der Waals surface area contributed by atoms with Crippen molar-refractivity contribution in [1.82, 2.24) is 9.88 Å². The number of hydrogen-bond donors (Lipinski definition) is 1. The molecule has 38 heavy (non-hydrogen) atoms. The Morgan fingerprint density at radius 1 is 0.974 bits per heavy atom. The third-order valence-electron chi connectivity index (χ3n) is 7.25. The zero-order valence-electron chi connectivity index (χ0n) is 21.4. The molecule has 1 aliphatic rings. The lowest BCUT2D eigenvalue weighted by atomic mass is 9.87. The number of carbonyl (C=O) groups is 1. The molecule has 1 amide bonds. The second kappa shape index (κ2) is 10.8. The van der Waals surface area contributed by atoms with Crippen LogP contribution in [-0.2, 0) is 4.79 Å². The molecule has 9 nitrogen and oxygen atoms in total. The molecule has 5 rings (SSSR count). The molecule has 4 aromatic rings. The SMILES string of the molecule is COc1ccc(C(CC(=O)N2CCN(c3ccc([N+](=O)[O-])cc3)CC2)c2c[nH]c3ccccc23)c(OC)c1. The Bertz CT molecular complexity index is 1440. The molecule has 2 heterocycles. The molecule has 3 aromatic carbocycles. The van der Waals surface area contributed by atoms with Crippen LogP contribution in [0.5, 0.6) is 11.5 Å². The summed E-state index contributed by atoms with van der Waals surface area (Å²) < 4.78 is 11.1. The Balaban J connectivity index is 1.37. The zero-order chi connectivity index (χ0) is 26.6. The van der Waals surface area contributed by atoms with E-state index in [0.29, 0.717) is 44.1 Å². The highest BCUT2D eigenvalue weighted by atomic mass is 16.6. The number of benzene rings is 3. The first-order valence-electron chi connectivity index (χ1n) is 12.5. The minimum absolute atomic E-state index is 0.0693. The van der Waals surface area contributed by atoms with Crippen molar-refractivity contribution in [3.63, 3.8) is 0 Å². The first kappa shape index (κ1) is 25.1. The normalized spacial score (nSPS) is 14.4. The lowest BCUT2D eigenvalue weighted by molar-refractivity contribution is -0.384. The Labute approximate surface area is 220 Å². The van der Waals surface area contributed by atoms with E-state index in [1.807, 2.05) is 47.5 Å². The molecule has 1 saturated heterocycles. The molecule has 0 saturated carbocycles. The van der Waals surface area contributed by atoms with Crippen molar-refractivity contribution in [2.45, 2.75) is 12.3 Å². The van der Waals surface area contributed by atoms with Gasteiger partial charge in [0.25, 0.3) is 5.69 Å². The van der Waals surface area contributed by atoms with Gasteiger partial charge in [0, 0.05) is 85.1 Å². The van der Waals surface area contributed by atoms with Crippen LogP contribution in [0.1, 0.15) is 23.5 Å². The van der Waals surface area contributed by atoms with Crippen LogP contribution >= 0.6 is 0 Å². The van der Waals surface area contributed by atoms with E-state index in [2.05, 4.69) is 16.0 Å². The Kier molecular flexibility index (Phi) is 7.17. The predicted octanol–water partition coefficient (Wildman–Crippen LogP) is 4.96. The number of non-ortho nitro benzene ring substituents is 1. The van der Waals surface area contributed by atoms with E-state index < -0.39 is 4.92 Å². The molecule has 0 bridgehead atoms. The number of methoxy groups -OCH3 is 2. The maximum Gasteiger partial charge on any atom is 0.269 e. The fourth-order valence-electron chi connectivity index (χ4n) is 5.18. The molecule has 9 heteroatoms. The van der Waals surface area contributed by atoms with E-state index in [4.69, 9.17) is 9.47 Å². The lowest BCUT2D eigenvalue weighted by Crippen LogP contribution is -2.49. The third-order valence-corrected chi connectivity index (χ3v) is 7.25. The van der Waals surface area contributed by atoms with Gasteiger partial charge in [-0.1, -0.05) is 24.3 Å². The fraction of sp³-hybridized carbons (Fsp3) is 0.276. The van der Waals surface area contributed by atoms with E-state index in [0.717, 1.165) is 27.7 Å². The minimum atomic E-state index is -0.400. The van der Waals surface area contributed by atoms with Gasteiger partial charge in [-0.05, 0) is 29.8 Å². The number of para-hydroxylation sites is 1. The van der Waals surface area contributed by atoms with Crippen molar-refractivity contribution >= 4 is 28.2 Å². The molecule has 1 N–H and O–H groups in total. The van der Waals surface area contributed by atoms with E-state index >= 15 is 0 Å². The van der Waals surface area contributed by atoms with Gasteiger partial charge in [-0.25, -0.2) is 0 Å². The lowest BCUT2D eigenvalue weighted by Gasteiger charge is -2.36. The van der Waals surface area contributed by atoms with E-state index in [-0.39, 0.29) is 17.5 Å². The summed E-state index contributed by atoms with van der Waals surface area (Å²) >= 11 is 0. The average Bonchev–Trinajstić information content (AvgIpc) is 3.39. The summed E-state index contributed by atoms with van der Waals surface area (Å²) in [6, 6.07) is 20.4. The number of aromatic nitrogens is 1. The highest BCUT2D eigenvalue weighted by molar-refractivity contribution is 5.86. The zero-order valence-corrected chi connectivity index (χ0v) is 21.4. The number of carbonyl (C=O) groups excluding carboxylic acids is 1. The summed E-state index contributed by atoms with van der Waals surface area (Å²) in [4.78, 5) is 31.6. The molecule has 0 aliphatic carbocycles. The van der Waals surface area contributed by atoms with Gasteiger partial charge in [0.15, 0.2) is 0 Å². The quantitative estimate of drug-likeness (QED) is 0.263. The molecule has 1 fully saturated rings. The molecule has 0 spiro atoms. The smallest absolute Gasteiger partial charge is 0.269 e. The number of nitrogens with one attached hydrogen (secondary N) is 1. The first-order chi connectivity index (χ1) is 18.5. The summed E-state index contributed by atoms with van der Waals surface area (Å²) in [5.74, 6) is 1.22. The largest absolute Gasteiger partial charge is 0.497 e. The molecule has 1 unspecified atom stereocenters. The molecule has 1 aliphatic heterocycles. The average molecular weight is 515 g/mol. The molecular formula is C29H30N4O5. The Morgan fingerprint density at radius 3 is 2.39 bits per heavy atom. The van der Waals surface area contributed by atoms with Crippen molar-refractivity contribution in [3.8, 4) is 11.5 Å². The van der Waals surface area contributed by atoms with Gasteiger partial charge in [-0.15, -0.1) is 0 Å². The van der Waals surface area contributed by atoms with E-state index in [1.165, 1.54) is 12.1 Å². The van der Waals surface area contributed by atoms with Gasteiger partial charge in [-0.2, -0.15) is 0 Å². The summed E-state index contributed by atoms with van der Waals surface area (Å²) in [7, 11) is 3.25. The first-order valence-corrected chi connectivity index (χ1v) is 12.5. The monoisotopic (exact) mass is 514 g/mol. The summed E-state index contributed by atoms with van der Waals surface area (Å²) in [5, 5.41) is 12.0. The third kappa shape index (κ3) is 5.00. The van der Waals surface area contributed by atoms with Gasteiger partial charge < -0.3 is 24.3 Å². The van der Waals surface area contributed by atoms with Crippen LogP contribution in [0.3, 0.4) is 0 Å². The second-order valence-electron chi connectivity index (χ2n) is 9.30. The van der Waals surface area contributed by atoms with Crippen LogP contribution in [0, 0.1) is 10.1 Å². The molecule has 1 aromatic heterocycles. The number of H-pyrrole nitrogens is 1. The van der Waals surface area contributed by atoms with Crippen LogP contribution in [0.25, 0.3) is 10.9 Å². The van der Waals surface area contributed by atoms with Crippen LogP contribution in [-0.4, -0.2) is 61.1 Å². The number of rotatable bonds is 8. The van der Waals surface area contributed by atoms with Crippen LogP contribution in [0.2, 0.25) is 0 Å². The minimum Gasteiger partial charge on any atom is -0.497 e. The van der Waals surface area contributed by atoms with Crippen molar-refractivity contribution in [3.05, 3.63) is 94.2 Å². The number of anilines is 1. The van der Waals surface area contributed by atoms with Gasteiger partial charge in [0.05, 0.1) is 19.1 Å². The summed E-state index contributed by atoms with van der Waals surface area (Å²) in [6.45, 7) is 2.48. The summed E-state index contributed by atoms with van der Waals surface area (Å²) in [5.41, 5.74) is 3.98. The number of fused-ring (bicyclic) bond motifs is 1. The van der Waals surface area contributed by atoms with Gasteiger partial charge in [0.1, 0.15) is 11.5 Å². The number of piperazine rings is 1. The maximum absolute atomic E-state index is 13.7. The summed E-state index contributed by atoms with van der Waals surface area (Å²) in [6.07, 6.45) is 2.28. The number of nitro benzene ring substituents is 1. The van der Waals surface area contributed by atoms with E-state index in [1.54, 1.807) is 26.4 Å². The van der Waals surface area contributed by atoms with Crippen LogP contribution < -0.4 is 14.4 Å².